The van der Waals surface area contributed by atoms with Crippen LogP contribution in [0.3, 0.4) is 0 Å². The summed E-state index contributed by atoms with van der Waals surface area (Å²) in [5.74, 6) is 0.454. The highest BCUT2D eigenvalue weighted by Gasteiger charge is 2.04. The van der Waals surface area contributed by atoms with Crippen LogP contribution in [0.2, 0.25) is 0 Å². The Labute approximate surface area is 102 Å². The number of hydrogen-bond acceptors (Lipinski definition) is 4. The summed E-state index contributed by atoms with van der Waals surface area (Å²) in [5.41, 5.74) is 2.52. The molecular formula is C11H20O3PS-. The predicted molar refractivity (Wildman–Crippen MR) is 69.5 cm³/mol. The Kier molecular flexibility index (Phi) is 8.12. The Morgan fingerprint density at radius 2 is 2.00 bits per heavy atom. The lowest BCUT2D eigenvalue weighted by Gasteiger charge is -2.18. The molecule has 0 amide bonds. The first-order valence-electron chi connectivity index (χ1n) is 5.17. The van der Waals surface area contributed by atoms with Gasteiger partial charge in [-0.2, -0.15) is 0 Å². The van der Waals surface area contributed by atoms with Crippen molar-refractivity contribution in [3.63, 3.8) is 0 Å². The van der Waals surface area contributed by atoms with Gasteiger partial charge in [0.15, 0.2) is 6.80 Å². The van der Waals surface area contributed by atoms with Crippen molar-refractivity contribution in [1.82, 2.24) is 0 Å². The van der Waals surface area contributed by atoms with Crippen LogP contribution in [0.5, 0.6) is 0 Å². The minimum absolute atomic E-state index is 0.454. The molecule has 0 heterocycles. The molecule has 0 aromatic rings. The highest BCUT2D eigenvalue weighted by atomic mass is 32.7. The topological polar surface area (TPSA) is 49.4 Å². The van der Waals surface area contributed by atoms with Crippen molar-refractivity contribution < 1.29 is 14.0 Å². The minimum Gasteiger partial charge on any atom is -0.770 e. The summed E-state index contributed by atoms with van der Waals surface area (Å²) in [6.45, 7) is 2.50. The van der Waals surface area contributed by atoms with Gasteiger partial charge in [0.1, 0.15) is 0 Å². The molecule has 3 nitrogen and oxygen atoms in total. The van der Waals surface area contributed by atoms with Crippen molar-refractivity contribution in [2.24, 2.45) is 0 Å². The van der Waals surface area contributed by atoms with Crippen molar-refractivity contribution >= 4 is 18.2 Å². The minimum atomic E-state index is -3.66. The first-order valence-corrected chi connectivity index (χ1v) is 8.31. The zero-order valence-electron chi connectivity index (χ0n) is 10.4. The Bertz CT molecular complexity index is 306. The molecule has 0 fully saturated rings. The highest BCUT2D eigenvalue weighted by molar-refractivity contribution is 8.54. The molecular weight excluding hydrogens is 243 g/mol. The molecule has 0 spiro atoms. The zero-order valence-corrected chi connectivity index (χ0v) is 12.1. The van der Waals surface area contributed by atoms with Crippen LogP contribution < -0.4 is 4.89 Å². The lowest BCUT2D eigenvalue weighted by atomic mass is 10.1. The summed E-state index contributed by atoms with van der Waals surface area (Å²) in [7, 11) is 1.19. The van der Waals surface area contributed by atoms with Gasteiger partial charge in [-0.05, 0) is 33.6 Å². The molecule has 94 valence electrons. The smallest absolute Gasteiger partial charge is 0.192 e. The van der Waals surface area contributed by atoms with Crippen molar-refractivity contribution in [2.45, 2.75) is 33.6 Å². The molecule has 0 aliphatic rings. The summed E-state index contributed by atoms with van der Waals surface area (Å²) in [6.07, 6.45) is 6.10. The molecule has 0 bridgehead atoms. The second kappa shape index (κ2) is 8.13. The van der Waals surface area contributed by atoms with Crippen molar-refractivity contribution in [3.05, 3.63) is 23.3 Å². The third kappa shape index (κ3) is 9.22. The summed E-state index contributed by atoms with van der Waals surface area (Å²) in [6, 6.07) is 0. The van der Waals surface area contributed by atoms with E-state index in [2.05, 4.69) is 24.4 Å². The molecule has 0 aliphatic carbocycles. The average Bonchev–Trinajstić information content (AvgIpc) is 2.17. The van der Waals surface area contributed by atoms with E-state index in [1.807, 2.05) is 13.0 Å². The van der Waals surface area contributed by atoms with Crippen LogP contribution in [0.4, 0.5) is 0 Å². The van der Waals surface area contributed by atoms with Crippen molar-refractivity contribution in [1.29, 1.82) is 0 Å². The van der Waals surface area contributed by atoms with Crippen LogP contribution in [0, 0.1) is 0 Å². The van der Waals surface area contributed by atoms with Gasteiger partial charge in [-0.3, -0.25) is 4.57 Å². The van der Waals surface area contributed by atoms with E-state index in [0.29, 0.717) is 5.75 Å². The molecule has 0 saturated carbocycles. The Morgan fingerprint density at radius 1 is 1.38 bits per heavy atom. The molecule has 16 heavy (non-hydrogen) atoms. The second-order valence-electron chi connectivity index (χ2n) is 3.80. The predicted octanol–water partition coefficient (Wildman–Crippen LogP) is 3.53. The van der Waals surface area contributed by atoms with Gasteiger partial charge < -0.3 is 9.42 Å². The number of allylic oxidation sites excluding steroid dienone is 3. The molecule has 1 atom stereocenters. The fourth-order valence-corrected chi connectivity index (χ4v) is 2.75. The molecule has 5 heteroatoms. The van der Waals surface area contributed by atoms with Gasteiger partial charge in [0, 0.05) is 12.9 Å². The SMILES string of the molecule is COP(=O)([O-])SC/C=C(\C)CCC=C(C)C. The van der Waals surface area contributed by atoms with Crippen LogP contribution in [0.25, 0.3) is 0 Å². The second-order valence-corrected chi connectivity index (χ2v) is 7.76. The summed E-state index contributed by atoms with van der Waals surface area (Å²) in [4.78, 5) is 11.0. The lowest BCUT2D eigenvalue weighted by Crippen LogP contribution is -1.98. The van der Waals surface area contributed by atoms with E-state index in [1.54, 1.807) is 0 Å². The van der Waals surface area contributed by atoms with Crippen LogP contribution in [-0.4, -0.2) is 12.9 Å². The third-order valence-corrected chi connectivity index (χ3v) is 4.90. The highest BCUT2D eigenvalue weighted by Crippen LogP contribution is 2.50. The van der Waals surface area contributed by atoms with Crippen LogP contribution in [0.1, 0.15) is 33.6 Å². The van der Waals surface area contributed by atoms with Gasteiger partial charge in [-0.25, -0.2) is 0 Å². The molecule has 0 saturated heterocycles. The van der Waals surface area contributed by atoms with Gasteiger partial charge in [-0.1, -0.05) is 34.7 Å². The number of hydrogen-bond donors (Lipinski definition) is 0. The van der Waals surface area contributed by atoms with E-state index in [4.69, 9.17) is 0 Å². The van der Waals surface area contributed by atoms with E-state index < -0.39 is 6.80 Å². The van der Waals surface area contributed by atoms with E-state index in [9.17, 15) is 9.46 Å². The fourth-order valence-electron chi connectivity index (χ4n) is 1.01. The van der Waals surface area contributed by atoms with E-state index in [0.717, 1.165) is 24.2 Å². The Hall–Kier alpha value is -0.0200. The first-order chi connectivity index (χ1) is 7.37. The van der Waals surface area contributed by atoms with E-state index in [1.165, 1.54) is 18.3 Å². The third-order valence-electron chi connectivity index (χ3n) is 1.98. The zero-order chi connectivity index (χ0) is 12.6. The summed E-state index contributed by atoms with van der Waals surface area (Å²) < 4.78 is 15.4. The van der Waals surface area contributed by atoms with Crippen LogP contribution in [-0.2, 0) is 9.09 Å². The first kappa shape index (κ1) is 16.0. The molecule has 0 aromatic heterocycles. The number of rotatable bonds is 7. The van der Waals surface area contributed by atoms with Crippen LogP contribution >= 0.6 is 18.2 Å². The Morgan fingerprint density at radius 3 is 2.50 bits per heavy atom. The van der Waals surface area contributed by atoms with Crippen molar-refractivity contribution in [2.75, 3.05) is 12.9 Å². The lowest BCUT2D eigenvalue weighted by molar-refractivity contribution is -0.187. The Balaban J connectivity index is 3.88. The summed E-state index contributed by atoms with van der Waals surface area (Å²) >= 11 is 0.833. The normalized spacial score (nSPS) is 15.7. The van der Waals surface area contributed by atoms with Gasteiger partial charge in [-0.15, -0.1) is 0 Å². The molecule has 0 rings (SSSR count). The largest absolute Gasteiger partial charge is 0.770 e. The molecule has 1 unspecified atom stereocenters. The monoisotopic (exact) mass is 263 g/mol. The van der Waals surface area contributed by atoms with E-state index in [-0.39, 0.29) is 0 Å². The quantitative estimate of drug-likeness (QED) is 0.521. The fraction of sp³-hybridized carbons (Fsp3) is 0.636. The maximum Gasteiger partial charge on any atom is 0.192 e. The molecule has 0 aliphatic heterocycles. The maximum atomic E-state index is 11.0. The average molecular weight is 263 g/mol. The molecule has 0 radical (unpaired) electrons. The van der Waals surface area contributed by atoms with Gasteiger partial charge >= 0.3 is 0 Å². The summed E-state index contributed by atoms with van der Waals surface area (Å²) in [5, 5.41) is 0. The van der Waals surface area contributed by atoms with Gasteiger partial charge in [0.05, 0.1) is 0 Å². The van der Waals surface area contributed by atoms with Gasteiger partial charge in [0.2, 0.25) is 0 Å². The van der Waals surface area contributed by atoms with E-state index >= 15 is 0 Å². The van der Waals surface area contributed by atoms with Gasteiger partial charge in [0.25, 0.3) is 0 Å². The van der Waals surface area contributed by atoms with Crippen molar-refractivity contribution in [3.8, 4) is 0 Å². The van der Waals surface area contributed by atoms with Crippen LogP contribution in [0.15, 0.2) is 23.3 Å². The maximum absolute atomic E-state index is 11.0. The standard InChI is InChI=1S/C11H21O3PS/c1-10(2)6-5-7-11(3)8-9-16-15(12,13)14-4/h6,8H,5,7,9H2,1-4H3,(H,12,13)/p-1/b11-8+. The molecule has 0 aromatic carbocycles. The molecule has 0 N–H and O–H groups in total.